The van der Waals surface area contributed by atoms with Crippen molar-refractivity contribution in [2.24, 2.45) is 0 Å². The Morgan fingerprint density at radius 2 is 1.73 bits per heavy atom. The number of nitrogens with zero attached hydrogens (tertiary/aromatic N) is 4. The van der Waals surface area contributed by atoms with Gasteiger partial charge in [-0.25, -0.2) is 4.98 Å². The normalized spacial score (nSPS) is 11.8. The zero-order chi connectivity index (χ0) is 32.6. The van der Waals surface area contributed by atoms with Crippen LogP contribution in [0.2, 0.25) is 0 Å². The van der Waals surface area contributed by atoms with Gasteiger partial charge in [0, 0.05) is 30.7 Å². The maximum absolute atomic E-state index is 14.0. The number of nitrogens with one attached hydrogen (secondary N) is 3. The molecule has 12 nitrogen and oxygen atoms in total. The van der Waals surface area contributed by atoms with Crippen LogP contribution in [0, 0.1) is 0 Å². The molecule has 0 spiro atoms. The maximum atomic E-state index is 14.0. The SMILES string of the molecule is CCOP(=O)(Cc1ccc(Nc2ncc(C(F)(F)F)c(Nc3ccc(-c4cnn(CCO)c4)cc3C(=O)NC)n2)cc1)OCC. The third-order valence-electron chi connectivity index (χ3n) is 6.37. The van der Waals surface area contributed by atoms with Gasteiger partial charge in [-0.3, -0.25) is 14.0 Å². The Balaban J connectivity index is 1.62. The molecule has 0 aliphatic heterocycles. The second-order valence-electron chi connectivity index (χ2n) is 9.56. The van der Waals surface area contributed by atoms with Gasteiger partial charge >= 0.3 is 13.8 Å². The van der Waals surface area contributed by atoms with Crippen molar-refractivity contribution in [3.8, 4) is 11.1 Å². The van der Waals surface area contributed by atoms with Gasteiger partial charge < -0.3 is 30.1 Å². The van der Waals surface area contributed by atoms with Crippen LogP contribution in [0.5, 0.6) is 0 Å². The molecule has 2 heterocycles. The molecule has 0 unspecified atom stereocenters. The molecule has 2 aromatic carbocycles. The number of aliphatic hydroxyl groups excluding tert-OH is 1. The van der Waals surface area contributed by atoms with Gasteiger partial charge in [0.05, 0.1) is 50.0 Å². The highest BCUT2D eigenvalue weighted by Gasteiger charge is 2.36. The van der Waals surface area contributed by atoms with Gasteiger partial charge in [-0.2, -0.15) is 23.3 Å². The van der Waals surface area contributed by atoms with Crippen molar-refractivity contribution < 1.29 is 36.7 Å². The van der Waals surface area contributed by atoms with Gasteiger partial charge in [0.15, 0.2) is 0 Å². The highest BCUT2D eigenvalue weighted by molar-refractivity contribution is 7.53. The van der Waals surface area contributed by atoms with Crippen LogP contribution in [0.25, 0.3) is 11.1 Å². The lowest BCUT2D eigenvalue weighted by atomic mass is 10.0. The highest BCUT2D eigenvalue weighted by Crippen LogP contribution is 2.51. The molecular weight excluding hydrogens is 614 g/mol. The fourth-order valence-corrected chi connectivity index (χ4v) is 6.04. The number of carbonyl (C=O) groups is 1. The smallest absolute Gasteiger partial charge is 0.394 e. The average Bonchev–Trinajstić information content (AvgIpc) is 3.46. The van der Waals surface area contributed by atoms with Crippen LogP contribution in [-0.2, 0) is 32.5 Å². The van der Waals surface area contributed by atoms with Crippen molar-refractivity contribution in [3.63, 3.8) is 0 Å². The van der Waals surface area contributed by atoms with E-state index in [2.05, 4.69) is 31.0 Å². The van der Waals surface area contributed by atoms with Gasteiger partial charge in [0.25, 0.3) is 5.91 Å². The summed E-state index contributed by atoms with van der Waals surface area (Å²) in [6.45, 7) is 4.06. The number of aromatic nitrogens is 4. The van der Waals surface area contributed by atoms with Gasteiger partial charge in [-0.15, -0.1) is 0 Å². The first-order valence-electron chi connectivity index (χ1n) is 13.9. The summed E-state index contributed by atoms with van der Waals surface area (Å²) in [5, 5.41) is 21.3. The lowest BCUT2D eigenvalue weighted by Gasteiger charge is -2.18. The standard InChI is InChI=1S/C29H33F3N7O5P/c1-4-43-45(42,44-5-2)18-19-6-9-22(10-7-19)36-28-34-16-24(29(30,31)32)26(38-28)37-25-11-8-20(14-23(25)27(41)33-3)21-15-35-39(17-21)12-13-40/h6-11,14-17,40H,4-5,12-13,18H2,1-3H3,(H,33,41)(H2,34,36,37,38). The fraction of sp³-hybridized carbons (Fsp3) is 0.310. The van der Waals surface area contributed by atoms with Crippen LogP contribution in [-0.4, -0.2) is 57.6 Å². The molecule has 0 saturated carbocycles. The van der Waals surface area contributed by atoms with Crippen LogP contribution in [0.4, 0.5) is 36.3 Å². The molecule has 0 saturated heterocycles. The minimum atomic E-state index is -4.80. The second-order valence-corrected chi connectivity index (χ2v) is 11.6. The molecule has 0 atom stereocenters. The summed E-state index contributed by atoms with van der Waals surface area (Å²) in [6.07, 6.45) is -0.863. The largest absolute Gasteiger partial charge is 0.421 e. The molecule has 2 aromatic heterocycles. The van der Waals surface area contributed by atoms with Gasteiger partial charge in [0.1, 0.15) is 11.4 Å². The number of amides is 1. The predicted molar refractivity (Wildman–Crippen MR) is 163 cm³/mol. The van der Waals surface area contributed by atoms with Crippen LogP contribution < -0.4 is 16.0 Å². The number of aliphatic hydroxyl groups is 1. The third kappa shape index (κ3) is 8.66. The number of anilines is 4. The molecule has 240 valence electrons. The molecule has 4 aromatic rings. The molecule has 45 heavy (non-hydrogen) atoms. The topological polar surface area (TPSA) is 153 Å². The molecule has 0 bridgehead atoms. The molecule has 0 aliphatic rings. The number of hydrogen-bond donors (Lipinski definition) is 4. The summed E-state index contributed by atoms with van der Waals surface area (Å²) >= 11 is 0. The molecule has 0 fully saturated rings. The average molecular weight is 648 g/mol. The van der Waals surface area contributed by atoms with Crippen LogP contribution in [0.3, 0.4) is 0 Å². The van der Waals surface area contributed by atoms with Crippen molar-refractivity contribution in [1.82, 2.24) is 25.1 Å². The number of hydrogen-bond acceptors (Lipinski definition) is 10. The third-order valence-corrected chi connectivity index (χ3v) is 8.43. The molecule has 1 amide bonds. The minimum Gasteiger partial charge on any atom is -0.394 e. The van der Waals surface area contributed by atoms with E-state index in [1.807, 2.05) is 0 Å². The van der Waals surface area contributed by atoms with Crippen molar-refractivity contribution in [2.45, 2.75) is 32.7 Å². The van der Waals surface area contributed by atoms with Crippen LogP contribution in [0.15, 0.2) is 61.1 Å². The van der Waals surface area contributed by atoms with E-state index in [9.17, 15) is 22.5 Å². The summed E-state index contributed by atoms with van der Waals surface area (Å²) in [7, 11) is -1.92. The zero-order valence-electron chi connectivity index (χ0n) is 24.8. The van der Waals surface area contributed by atoms with E-state index < -0.39 is 31.1 Å². The van der Waals surface area contributed by atoms with Crippen molar-refractivity contribution in [3.05, 3.63) is 77.7 Å². The maximum Gasteiger partial charge on any atom is 0.421 e. The lowest BCUT2D eigenvalue weighted by molar-refractivity contribution is -0.137. The summed E-state index contributed by atoms with van der Waals surface area (Å²) in [6, 6.07) is 11.3. The first-order chi connectivity index (χ1) is 21.5. The fourth-order valence-electron chi connectivity index (χ4n) is 4.33. The first-order valence-corrected chi connectivity index (χ1v) is 15.7. The second kappa shape index (κ2) is 14.7. The van der Waals surface area contributed by atoms with Crippen LogP contribution in [0.1, 0.15) is 35.3 Å². The molecule has 0 aliphatic carbocycles. The number of benzene rings is 2. The Bertz CT molecular complexity index is 1650. The van der Waals surface area contributed by atoms with Crippen molar-refractivity contribution >= 4 is 36.6 Å². The number of halogens is 3. The Labute approximate surface area is 257 Å². The Morgan fingerprint density at radius 3 is 2.36 bits per heavy atom. The Kier molecular flexibility index (Phi) is 10.9. The summed E-state index contributed by atoms with van der Waals surface area (Å²) < 4.78 is 67.0. The lowest BCUT2D eigenvalue weighted by Crippen LogP contribution is -2.20. The van der Waals surface area contributed by atoms with E-state index in [0.29, 0.717) is 28.6 Å². The molecule has 16 heteroatoms. The number of carbonyl (C=O) groups excluding carboxylic acids is 1. The van der Waals surface area contributed by atoms with Gasteiger partial charge in [0.2, 0.25) is 5.95 Å². The van der Waals surface area contributed by atoms with E-state index in [1.54, 1.807) is 56.6 Å². The zero-order valence-corrected chi connectivity index (χ0v) is 25.7. The highest BCUT2D eigenvalue weighted by atomic mass is 31.2. The predicted octanol–water partition coefficient (Wildman–Crippen LogP) is 5.96. The first kappa shape index (κ1) is 33.6. The minimum absolute atomic E-state index is 0.0528. The van der Waals surface area contributed by atoms with E-state index in [1.165, 1.54) is 23.9 Å². The van der Waals surface area contributed by atoms with E-state index in [-0.39, 0.29) is 49.7 Å². The monoisotopic (exact) mass is 647 g/mol. The van der Waals surface area contributed by atoms with Crippen LogP contribution >= 0.6 is 7.60 Å². The van der Waals surface area contributed by atoms with Gasteiger partial charge in [-0.05, 0) is 49.2 Å². The van der Waals surface area contributed by atoms with E-state index in [4.69, 9.17) is 14.2 Å². The summed E-state index contributed by atoms with van der Waals surface area (Å²) in [5.41, 5.74) is 1.38. The quantitative estimate of drug-likeness (QED) is 0.121. The van der Waals surface area contributed by atoms with Crippen molar-refractivity contribution in [1.29, 1.82) is 0 Å². The van der Waals surface area contributed by atoms with Gasteiger partial charge in [-0.1, -0.05) is 18.2 Å². The van der Waals surface area contributed by atoms with Crippen molar-refractivity contribution in [2.75, 3.05) is 37.5 Å². The van der Waals surface area contributed by atoms with E-state index >= 15 is 0 Å². The Morgan fingerprint density at radius 1 is 1.02 bits per heavy atom. The number of alkyl halides is 3. The molecule has 0 radical (unpaired) electrons. The summed E-state index contributed by atoms with van der Waals surface area (Å²) in [4.78, 5) is 20.7. The molecule has 4 rings (SSSR count). The summed E-state index contributed by atoms with van der Waals surface area (Å²) in [5.74, 6) is -1.25. The van der Waals surface area contributed by atoms with E-state index in [0.717, 1.165) is 0 Å². The number of rotatable bonds is 14. The molecule has 4 N–H and O–H groups in total. The Hall–Kier alpha value is -4.30. The molecular formula is C29H33F3N7O5P.